The van der Waals surface area contributed by atoms with E-state index in [0.29, 0.717) is 22.4 Å². The highest BCUT2D eigenvalue weighted by Crippen LogP contribution is 2.29. The molecule has 0 fully saturated rings. The van der Waals surface area contributed by atoms with Gasteiger partial charge in [-0.2, -0.15) is 10.1 Å². The predicted octanol–water partition coefficient (Wildman–Crippen LogP) is 5.37. The molecule has 1 atom stereocenters. The highest BCUT2D eigenvalue weighted by atomic mass is 35.5. The van der Waals surface area contributed by atoms with Gasteiger partial charge in [0.05, 0.1) is 5.69 Å². The number of nitrogens with zero attached hydrogens (tertiary/aromatic N) is 5. The van der Waals surface area contributed by atoms with E-state index in [-0.39, 0.29) is 11.8 Å². The van der Waals surface area contributed by atoms with E-state index < -0.39 is 6.04 Å². The lowest BCUT2D eigenvalue weighted by Crippen LogP contribution is -2.33. The normalized spacial score (nSPS) is 14.4. The first-order chi connectivity index (χ1) is 17.0. The molecule has 1 unspecified atom stereocenters. The lowest BCUT2D eigenvalue weighted by atomic mass is 10.0. The van der Waals surface area contributed by atoms with Crippen molar-refractivity contribution in [2.24, 2.45) is 5.92 Å². The summed E-state index contributed by atoms with van der Waals surface area (Å²) in [5.41, 5.74) is 4.20. The monoisotopic (exact) mass is 490 g/mol. The summed E-state index contributed by atoms with van der Waals surface area (Å²) in [6.07, 6.45) is 8.30. The molecule has 0 saturated carbocycles. The number of hydrogen-bond acceptors (Lipinski definition) is 6. The number of fused-ring (bicyclic) bond motifs is 1. The van der Waals surface area contributed by atoms with Crippen LogP contribution < -0.4 is 5.32 Å². The summed E-state index contributed by atoms with van der Waals surface area (Å²) in [4.78, 5) is 22.2. The zero-order chi connectivity index (χ0) is 24.4. The Labute approximate surface area is 208 Å². The molecule has 35 heavy (non-hydrogen) atoms. The van der Waals surface area contributed by atoms with Crippen LogP contribution in [0.1, 0.15) is 66.8 Å². The van der Waals surface area contributed by atoms with Gasteiger partial charge in [-0.3, -0.25) is 9.78 Å². The van der Waals surface area contributed by atoms with Crippen LogP contribution in [-0.2, 0) is 12.8 Å². The molecule has 1 aromatic carbocycles. The molecule has 4 aromatic rings. The van der Waals surface area contributed by atoms with Crippen LogP contribution >= 0.6 is 11.6 Å². The molecule has 1 aliphatic carbocycles. The first-order valence-corrected chi connectivity index (χ1v) is 12.3. The first kappa shape index (κ1) is 23.2. The van der Waals surface area contributed by atoms with Gasteiger partial charge in [0.1, 0.15) is 6.04 Å². The van der Waals surface area contributed by atoms with Crippen LogP contribution in [0.15, 0.2) is 53.3 Å². The zero-order valence-electron chi connectivity index (χ0n) is 19.7. The van der Waals surface area contributed by atoms with Crippen molar-refractivity contribution in [1.29, 1.82) is 0 Å². The summed E-state index contributed by atoms with van der Waals surface area (Å²) in [6.45, 7) is 4.01. The molecule has 0 spiro atoms. The van der Waals surface area contributed by atoms with Gasteiger partial charge in [0.15, 0.2) is 5.69 Å². The Balaban J connectivity index is 1.46. The minimum atomic E-state index is -0.456. The van der Waals surface area contributed by atoms with E-state index in [1.54, 1.807) is 12.4 Å². The fraction of sp³-hybridized carbons (Fsp3) is 0.346. The molecule has 180 valence electrons. The first-order valence-electron chi connectivity index (χ1n) is 11.9. The molecule has 3 aromatic heterocycles. The van der Waals surface area contributed by atoms with Crippen LogP contribution in [0.3, 0.4) is 0 Å². The van der Waals surface area contributed by atoms with Gasteiger partial charge in [0, 0.05) is 34.2 Å². The Hall–Kier alpha value is -3.52. The van der Waals surface area contributed by atoms with Crippen LogP contribution in [0, 0.1) is 5.92 Å². The molecule has 3 heterocycles. The molecular formula is C26H27ClN6O2. The minimum Gasteiger partial charge on any atom is -0.339 e. The molecule has 0 radical (unpaired) electrons. The SMILES string of the molecule is CC(C)C(NC(=O)c1nn(-c2ccc(Cl)cc2)c2c1CCCCC2)c1nc(-c2cccnc2)no1. The van der Waals surface area contributed by atoms with E-state index in [9.17, 15) is 4.79 Å². The second-order valence-corrected chi connectivity index (χ2v) is 9.55. The number of rotatable bonds is 6. The molecule has 8 nitrogen and oxygen atoms in total. The van der Waals surface area contributed by atoms with E-state index in [2.05, 4.69) is 20.4 Å². The molecule has 0 aliphatic heterocycles. The van der Waals surface area contributed by atoms with E-state index in [1.165, 1.54) is 0 Å². The number of carbonyl (C=O) groups is 1. The van der Waals surface area contributed by atoms with E-state index in [4.69, 9.17) is 21.2 Å². The van der Waals surface area contributed by atoms with Gasteiger partial charge in [-0.25, -0.2) is 4.68 Å². The minimum absolute atomic E-state index is 0.0260. The van der Waals surface area contributed by atoms with Gasteiger partial charge >= 0.3 is 0 Å². The third kappa shape index (κ3) is 4.84. The largest absolute Gasteiger partial charge is 0.339 e. The average Bonchev–Trinajstić information content (AvgIpc) is 3.42. The summed E-state index contributed by atoms with van der Waals surface area (Å²) in [7, 11) is 0. The van der Waals surface area contributed by atoms with Crippen molar-refractivity contribution in [2.45, 2.75) is 52.0 Å². The highest BCUT2D eigenvalue weighted by Gasteiger charge is 2.30. The Morgan fingerprint density at radius 3 is 2.66 bits per heavy atom. The second-order valence-electron chi connectivity index (χ2n) is 9.12. The number of benzene rings is 1. The van der Waals surface area contributed by atoms with Crippen molar-refractivity contribution in [2.75, 3.05) is 0 Å². The lowest BCUT2D eigenvalue weighted by molar-refractivity contribution is 0.0907. The summed E-state index contributed by atoms with van der Waals surface area (Å²) < 4.78 is 7.45. The Morgan fingerprint density at radius 1 is 1.11 bits per heavy atom. The van der Waals surface area contributed by atoms with Crippen LogP contribution in [0.4, 0.5) is 0 Å². The standard InChI is InChI=1S/C26H27ClN6O2/c1-16(2)22(26-30-24(32-35-26)17-7-6-14-28-15-17)29-25(34)23-20-8-4-3-5-9-21(20)33(31-23)19-12-10-18(27)11-13-19/h6-7,10-16,22H,3-5,8-9H2,1-2H3,(H,29,34). The third-order valence-corrected chi connectivity index (χ3v) is 6.55. The van der Waals surface area contributed by atoms with E-state index in [1.807, 2.05) is 54.9 Å². The third-order valence-electron chi connectivity index (χ3n) is 6.30. The maximum Gasteiger partial charge on any atom is 0.272 e. The summed E-state index contributed by atoms with van der Waals surface area (Å²) >= 11 is 6.09. The summed E-state index contributed by atoms with van der Waals surface area (Å²) in [5.74, 6) is 0.582. The maximum atomic E-state index is 13.6. The summed E-state index contributed by atoms with van der Waals surface area (Å²) in [6, 6.07) is 10.8. The van der Waals surface area contributed by atoms with Crippen molar-refractivity contribution in [1.82, 2.24) is 30.2 Å². The number of pyridine rings is 1. The smallest absolute Gasteiger partial charge is 0.272 e. The molecule has 1 aliphatic rings. The molecule has 1 N–H and O–H groups in total. The summed E-state index contributed by atoms with van der Waals surface area (Å²) in [5, 5.41) is 12.6. The Kier molecular flexibility index (Phi) is 6.63. The molecule has 9 heteroatoms. The quantitative estimate of drug-likeness (QED) is 0.365. The Morgan fingerprint density at radius 2 is 1.91 bits per heavy atom. The number of hydrogen-bond donors (Lipinski definition) is 1. The zero-order valence-corrected chi connectivity index (χ0v) is 20.5. The van der Waals surface area contributed by atoms with Crippen LogP contribution in [0.2, 0.25) is 5.02 Å². The van der Waals surface area contributed by atoms with Gasteiger partial charge in [-0.05, 0) is 68.0 Å². The van der Waals surface area contributed by atoms with Gasteiger partial charge in [0.25, 0.3) is 5.91 Å². The number of nitrogens with one attached hydrogen (secondary N) is 1. The molecule has 0 saturated heterocycles. The highest BCUT2D eigenvalue weighted by molar-refractivity contribution is 6.30. The van der Waals surface area contributed by atoms with Crippen LogP contribution in [0.25, 0.3) is 17.1 Å². The van der Waals surface area contributed by atoms with Gasteiger partial charge in [-0.15, -0.1) is 0 Å². The molecular weight excluding hydrogens is 464 g/mol. The van der Waals surface area contributed by atoms with E-state index in [0.717, 1.165) is 54.6 Å². The number of aromatic nitrogens is 5. The number of amides is 1. The fourth-order valence-electron chi connectivity index (χ4n) is 4.45. The molecule has 0 bridgehead atoms. The van der Waals surface area contributed by atoms with E-state index >= 15 is 0 Å². The molecule has 1 amide bonds. The fourth-order valence-corrected chi connectivity index (χ4v) is 4.58. The van der Waals surface area contributed by atoms with Gasteiger partial charge in [0.2, 0.25) is 11.7 Å². The number of carbonyl (C=O) groups excluding carboxylic acids is 1. The Bertz CT molecular complexity index is 1310. The van der Waals surface area contributed by atoms with Crippen LogP contribution in [-0.4, -0.2) is 30.8 Å². The van der Waals surface area contributed by atoms with Crippen molar-refractivity contribution < 1.29 is 9.32 Å². The van der Waals surface area contributed by atoms with Crippen molar-refractivity contribution in [3.05, 3.63) is 76.7 Å². The molecule has 5 rings (SSSR count). The lowest BCUT2D eigenvalue weighted by Gasteiger charge is -2.18. The number of halogens is 1. The van der Waals surface area contributed by atoms with Crippen molar-refractivity contribution >= 4 is 17.5 Å². The topological polar surface area (TPSA) is 98.7 Å². The van der Waals surface area contributed by atoms with Gasteiger partial charge < -0.3 is 9.84 Å². The van der Waals surface area contributed by atoms with Crippen molar-refractivity contribution in [3.8, 4) is 17.1 Å². The van der Waals surface area contributed by atoms with Crippen LogP contribution in [0.5, 0.6) is 0 Å². The second kappa shape index (κ2) is 10.00. The average molecular weight is 491 g/mol. The van der Waals surface area contributed by atoms with Gasteiger partial charge in [-0.1, -0.05) is 37.0 Å². The predicted molar refractivity (Wildman–Crippen MR) is 132 cm³/mol. The maximum absolute atomic E-state index is 13.6. The van der Waals surface area contributed by atoms with Crippen molar-refractivity contribution in [3.63, 3.8) is 0 Å².